The summed E-state index contributed by atoms with van der Waals surface area (Å²) in [7, 11) is 3.12. The van der Waals surface area contributed by atoms with E-state index in [1.165, 1.54) is 7.11 Å². The summed E-state index contributed by atoms with van der Waals surface area (Å²) in [5.41, 5.74) is 0. The lowest BCUT2D eigenvalue weighted by atomic mass is 9.99. The number of hydrogen-bond acceptors (Lipinski definition) is 4. The van der Waals surface area contributed by atoms with Gasteiger partial charge < -0.3 is 19.9 Å². The van der Waals surface area contributed by atoms with Crippen molar-refractivity contribution in [3.63, 3.8) is 0 Å². The van der Waals surface area contributed by atoms with Gasteiger partial charge in [-0.1, -0.05) is 0 Å². The number of hydrogen-bond donors (Lipinski definition) is 1. The normalized spacial score (nSPS) is 23.5. The van der Waals surface area contributed by atoms with Crippen LogP contribution in [0.3, 0.4) is 0 Å². The lowest BCUT2D eigenvalue weighted by Crippen LogP contribution is -2.57. The molecule has 1 N–H and O–H groups in total. The average Bonchev–Trinajstić information content (AvgIpc) is 2.59. The molecule has 0 aromatic heterocycles. The molecule has 1 unspecified atom stereocenters. The molecule has 1 atom stereocenters. The van der Waals surface area contributed by atoms with Crippen LogP contribution in [0.4, 0.5) is 0 Å². The molecule has 0 aromatic carbocycles. The second-order valence-corrected chi connectivity index (χ2v) is 5.59. The highest BCUT2D eigenvalue weighted by molar-refractivity contribution is 5.89. The third kappa shape index (κ3) is 3.53. The van der Waals surface area contributed by atoms with Crippen molar-refractivity contribution in [3.05, 3.63) is 0 Å². The van der Waals surface area contributed by atoms with Gasteiger partial charge in [0.15, 0.2) is 0 Å². The number of amides is 3. The fraction of sp³-hybridized carbons (Fsp3) is 0.786. The second kappa shape index (κ2) is 6.89. The highest BCUT2D eigenvalue weighted by Gasteiger charge is 2.36. The molecule has 118 valence electrons. The Hall–Kier alpha value is -1.63. The zero-order valence-corrected chi connectivity index (χ0v) is 12.6. The Labute approximate surface area is 124 Å². The highest BCUT2D eigenvalue weighted by atomic mass is 16.5. The van der Waals surface area contributed by atoms with Gasteiger partial charge in [0.2, 0.25) is 11.8 Å². The van der Waals surface area contributed by atoms with Crippen molar-refractivity contribution >= 4 is 17.7 Å². The summed E-state index contributed by atoms with van der Waals surface area (Å²) in [4.78, 5) is 39.0. The van der Waals surface area contributed by atoms with Crippen molar-refractivity contribution < 1.29 is 19.1 Å². The van der Waals surface area contributed by atoms with E-state index in [2.05, 4.69) is 5.32 Å². The maximum atomic E-state index is 12.2. The number of carbonyl (C=O) groups is 3. The van der Waals surface area contributed by atoms with Gasteiger partial charge in [0.05, 0.1) is 12.5 Å². The van der Waals surface area contributed by atoms with Gasteiger partial charge in [0, 0.05) is 33.8 Å². The molecule has 0 aliphatic carbocycles. The van der Waals surface area contributed by atoms with Gasteiger partial charge in [-0.2, -0.15) is 0 Å². The van der Waals surface area contributed by atoms with Crippen molar-refractivity contribution in [3.8, 4) is 0 Å². The molecule has 21 heavy (non-hydrogen) atoms. The minimum Gasteiger partial charge on any atom is -0.372 e. The van der Waals surface area contributed by atoms with Crippen LogP contribution < -0.4 is 5.32 Å². The Bertz CT molecular complexity index is 420. The monoisotopic (exact) mass is 297 g/mol. The van der Waals surface area contributed by atoms with Crippen molar-refractivity contribution in [1.82, 2.24) is 15.1 Å². The van der Waals surface area contributed by atoms with Gasteiger partial charge >= 0.3 is 0 Å². The molecule has 0 spiro atoms. The quantitative estimate of drug-likeness (QED) is 0.738. The molecule has 2 aliphatic rings. The highest BCUT2D eigenvalue weighted by Crippen LogP contribution is 2.18. The first-order valence-corrected chi connectivity index (χ1v) is 7.37. The van der Waals surface area contributed by atoms with Crippen molar-refractivity contribution in [2.45, 2.75) is 25.4 Å². The molecule has 0 saturated carbocycles. The minimum atomic E-state index is -0.435. The third-order valence-corrected chi connectivity index (χ3v) is 4.19. The van der Waals surface area contributed by atoms with Crippen LogP contribution >= 0.6 is 0 Å². The van der Waals surface area contributed by atoms with Crippen molar-refractivity contribution in [2.75, 3.05) is 40.3 Å². The van der Waals surface area contributed by atoms with E-state index in [0.717, 1.165) is 12.8 Å². The Morgan fingerprint density at radius 3 is 2.67 bits per heavy atom. The standard InChI is InChI=1S/C14H23N3O4/c1-15-13(19)10-7-17(8-10)12(18)9-16-6-4-3-5-11(21-2)14(16)20/h10-11H,3-9H2,1-2H3,(H,15,19). The van der Waals surface area contributed by atoms with Gasteiger partial charge in [-0.15, -0.1) is 0 Å². The molecule has 2 fully saturated rings. The van der Waals surface area contributed by atoms with Crippen LogP contribution in [0.25, 0.3) is 0 Å². The predicted octanol–water partition coefficient (Wildman–Crippen LogP) is -0.782. The number of likely N-dealkylation sites (tertiary alicyclic amines) is 2. The number of nitrogens with zero attached hydrogens (tertiary/aromatic N) is 2. The Kier molecular flexibility index (Phi) is 5.17. The Balaban J connectivity index is 1.85. The average molecular weight is 297 g/mol. The first-order valence-electron chi connectivity index (χ1n) is 7.37. The third-order valence-electron chi connectivity index (χ3n) is 4.19. The number of rotatable bonds is 4. The molecule has 0 aromatic rings. The summed E-state index contributed by atoms with van der Waals surface area (Å²) in [5.74, 6) is -0.359. The van der Waals surface area contributed by atoms with Crippen LogP contribution in [0.1, 0.15) is 19.3 Å². The zero-order chi connectivity index (χ0) is 15.4. The predicted molar refractivity (Wildman–Crippen MR) is 75.4 cm³/mol. The number of nitrogens with one attached hydrogen (secondary N) is 1. The van der Waals surface area contributed by atoms with Crippen LogP contribution in [-0.4, -0.2) is 74.0 Å². The molecule has 2 aliphatic heterocycles. The van der Waals surface area contributed by atoms with Gasteiger partial charge in [0.25, 0.3) is 5.91 Å². The number of carbonyl (C=O) groups excluding carboxylic acids is 3. The molecular formula is C14H23N3O4. The summed E-state index contributed by atoms with van der Waals surface area (Å²) in [6.07, 6.45) is 2.09. The smallest absolute Gasteiger partial charge is 0.252 e. The van der Waals surface area contributed by atoms with Crippen LogP contribution in [0.5, 0.6) is 0 Å². The fourth-order valence-corrected chi connectivity index (χ4v) is 2.76. The van der Waals surface area contributed by atoms with Gasteiger partial charge in [-0.05, 0) is 19.3 Å². The van der Waals surface area contributed by atoms with E-state index >= 15 is 0 Å². The molecule has 7 nitrogen and oxygen atoms in total. The summed E-state index contributed by atoms with van der Waals surface area (Å²) in [5, 5.41) is 2.58. The maximum absolute atomic E-state index is 12.2. The van der Waals surface area contributed by atoms with E-state index < -0.39 is 6.10 Å². The van der Waals surface area contributed by atoms with E-state index in [-0.39, 0.29) is 30.2 Å². The molecular weight excluding hydrogens is 274 g/mol. The molecule has 2 saturated heterocycles. The molecule has 2 rings (SSSR count). The SMILES string of the molecule is CNC(=O)C1CN(C(=O)CN2CCCCC(OC)C2=O)C1. The van der Waals surface area contributed by atoms with E-state index in [1.54, 1.807) is 16.8 Å². The first-order chi connectivity index (χ1) is 10.1. The van der Waals surface area contributed by atoms with Crippen LogP contribution in [0.2, 0.25) is 0 Å². The molecule has 0 radical (unpaired) electrons. The summed E-state index contributed by atoms with van der Waals surface area (Å²) in [6, 6.07) is 0. The van der Waals surface area contributed by atoms with Gasteiger partial charge in [-0.3, -0.25) is 14.4 Å². The maximum Gasteiger partial charge on any atom is 0.252 e. The largest absolute Gasteiger partial charge is 0.372 e. The number of methoxy groups -OCH3 is 1. The molecule has 3 amide bonds. The summed E-state index contributed by atoms with van der Waals surface area (Å²) in [6.45, 7) is 1.55. The van der Waals surface area contributed by atoms with E-state index in [4.69, 9.17) is 4.74 Å². The zero-order valence-electron chi connectivity index (χ0n) is 12.6. The van der Waals surface area contributed by atoms with Crippen LogP contribution in [0, 0.1) is 5.92 Å². The van der Waals surface area contributed by atoms with Crippen molar-refractivity contribution in [2.24, 2.45) is 5.92 Å². The number of ether oxygens (including phenoxy) is 1. The first kappa shape index (κ1) is 15.8. The fourth-order valence-electron chi connectivity index (χ4n) is 2.76. The molecule has 7 heteroatoms. The van der Waals surface area contributed by atoms with Crippen LogP contribution in [-0.2, 0) is 19.1 Å². The Morgan fingerprint density at radius 2 is 2.05 bits per heavy atom. The topological polar surface area (TPSA) is 79.0 Å². The minimum absolute atomic E-state index is 0.0376. The van der Waals surface area contributed by atoms with Gasteiger partial charge in [0.1, 0.15) is 6.10 Å². The van der Waals surface area contributed by atoms with E-state index in [0.29, 0.717) is 26.1 Å². The molecule has 2 heterocycles. The van der Waals surface area contributed by atoms with E-state index in [1.807, 2.05) is 0 Å². The van der Waals surface area contributed by atoms with E-state index in [9.17, 15) is 14.4 Å². The summed E-state index contributed by atoms with van der Waals surface area (Å²) < 4.78 is 5.19. The molecule has 0 bridgehead atoms. The lowest BCUT2D eigenvalue weighted by molar-refractivity contribution is -0.150. The second-order valence-electron chi connectivity index (χ2n) is 5.59. The van der Waals surface area contributed by atoms with Crippen LogP contribution in [0.15, 0.2) is 0 Å². The Morgan fingerprint density at radius 1 is 1.33 bits per heavy atom. The summed E-state index contributed by atoms with van der Waals surface area (Å²) >= 11 is 0. The van der Waals surface area contributed by atoms with Crippen molar-refractivity contribution in [1.29, 1.82) is 0 Å². The lowest BCUT2D eigenvalue weighted by Gasteiger charge is -2.39. The van der Waals surface area contributed by atoms with Gasteiger partial charge in [-0.25, -0.2) is 0 Å².